The van der Waals surface area contributed by atoms with Gasteiger partial charge >= 0.3 is 0 Å². The minimum Gasteiger partial charge on any atom is -0.337 e. The van der Waals surface area contributed by atoms with E-state index in [1.54, 1.807) is 34.6 Å². The summed E-state index contributed by atoms with van der Waals surface area (Å²) in [7, 11) is -1.83. The first kappa shape index (κ1) is 15.9. The Morgan fingerprint density at radius 3 is 2.83 bits per heavy atom. The second-order valence-electron chi connectivity index (χ2n) is 5.11. The highest BCUT2D eigenvalue weighted by Gasteiger charge is 2.17. The molecule has 0 aliphatic rings. The average Bonchev–Trinajstić information content (AvgIpc) is 3.21. The Balaban J connectivity index is 1.61. The van der Waals surface area contributed by atoms with Crippen molar-refractivity contribution in [1.82, 2.24) is 24.1 Å². The first-order valence-electron chi connectivity index (χ1n) is 7.01. The van der Waals surface area contributed by atoms with Gasteiger partial charge in [-0.2, -0.15) is 16.4 Å². The third-order valence-corrected chi connectivity index (χ3v) is 5.47. The van der Waals surface area contributed by atoms with Crippen molar-refractivity contribution in [3.8, 4) is 11.3 Å². The number of rotatable bonds is 6. The Morgan fingerprint density at radius 2 is 2.17 bits per heavy atom. The highest BCUT2D eigenvalue weighted by Crippen LogP contribution is 2.19. The van der Waals surface area contributed by atoms with Crippen molar-refractivity contribution in [3.63, 3.8) is 0 Å². The third kappa shape index (κ3) is 3.52. The number of thiophene rings is 1. The van der Waals surface area contributed by atoms with Crippen molar-refractivity contribution in [3.05, 3.63) is 41.1 Å². The molecule has 0 amide bonds. The van der Waals surface area contributed by atoms with Crippen LogP contribution in [0.2, 0.25) is 0 Å². The zero-order valence-electron chi connectivity index (χ0n) is 12.8. The SMILES string of the molecule is Cc1nc(S(=O)(=O)NCCn2ccc(-c3ccsc3)n2)cn1C. The van der Waals surface area contributed by atoms with E-state index in [0.717, 1.165) is 11.3 Å². The van der Waals surface area contributed by atoms with Gasteiger partial charge in [-0.15, -0.1) is 0 Å². The lowest BCUT2D eigenvalue weighted by atomic mass is 10.2. The molecule has 0 fully saturated rings. The molecule has 3 rings (SSSR count). The summed E-state index contributed by atoms with van der Waals surface area (Å²) in [5, 5.41) is 8.49. The summed E-state index contributed by atoms with van der Waals surface area (Å²) < 4.78 is 30.3. The minimum absolute atomic E-state index is 0.0388. The lowest BCUT2D eigenvalue weighted by Gasteiger charge is -2.04. The molecule has 122 valence electrons. The van der Waals surface area contributed by atoms with Crippen LogP contribution >= 0.6 is 11.3 Å². The predicted octanol–water partition coefficient (Wildman–Crippen LogP) is 1.63. The van der Waals surface area contributed by atoms with Gasteiger partial charge in [-0.05, 0) is 24.4 Å². The van der Waals surface area contributed by atoms with Crippen LogP contribution in [0.5, 0.6) is 0 Å². The fourth-order valence-electron chi connectivity index (χ4n) is 2.07. The fraction of sp³-hybridized carbons (Fsp3) is 0.286. The van der Waals surface area contributed by atoms with E-state index in [1.807, 2.05) is 29.1 Å². The van der Waals surface area contributed by atoms with Crippen LogP contribution in [0.3, 0.4) is 0 Å². The maximum Gasteiger partial charge on any atom is 0.259 e. The third-order valence-electron chi connectivity index (χ3n) is 3.45. The molecule has 0 aliphatic heterocycles. The van der Waals surface area contributed by atoms with Crippen molar-refractivity contribution in [1.29, 1.82) is 0 Å². The molecule has 0 radical (unpaired) electrons. The molecule has 0 unspecified atom stereocenters. The highest BCUT2D eigenvalue weighted by atomic mass is 32.2. The van der Waals surface area contributed by atoms with E-state index in [0.29, 0.717) is 12.4 Å². The summed E-state index contributed by atoms with van der Waals surface area (Å²) in [6.45, 7) is 2.46. The normalized spacial score (nSPS) is 11.9. The first-order chi connectivity index (χ1) is 11.0. The van der Waals surface area contributed by atoms with Gasteiger partial charge in [0.15, 0.2) is 5.03 Å². The number of imidazole rings is 1. The van der Waals surface area contributed by atoms with E-state index in [1.165, 1.54) is 6.20 Å². The Kier molecular flexibility index (Phi) is 4.33. The van der Waals surface area contributed by atoms with Gasteiger partial charge in [0.25, 0.3) is 10.0 Å². The molecule has 3 aromatic rings. The molecule has 0 saturated heterocycles. The molecular weight excluding hydrogens is 334 g/mol. The maximum absolute atomic E-state index is 12.2. The number of sulfonamides is 1. The Hall–Kier alpha value is -1.97. The molecule has 7 nitrogen and oxygen atoms in total. The monoisotopic (exact) mass is 351 g/mol. The summed E-state index contributed by atoms with van der Waals surface area (Å²) in [5.41, 5.74) is 1.95. The van der Waals surface area contributed by atoms with E-state index in [-0.39, 0.29) is 11.6 Å². The molecular formula is C14H17N5O2S2. The maximum atomic E-state index is 12.2. The average molecular weight is 351 g/mol. The van der Waals surface area contributed by atoms with Gasteiger partial charge in [-0.1, -0.05) is 0 Å². The number of hydrogen-bond donors (Lipinski definition) is 1. The Morgan fingerprint density at radius 1 is 1.35 bits per heavy atom. The molecule has 0 aliphatic carbocycles. The summed E-state index contributed by atoms with van der Waals surface area (Å²) in [6, 6.07) is 3.92. The predicted molar refractivity (Wildman–Crippen MR) is 88.7 cm³/mol. The summed E-state index contributed by atoms with van der Waals surface area (Å²) in [4.78, 5) is 4.04. The number of nitrogens with one attached hydrogen (secondary N) is 1. The van der Waals surface area contributed by atoms with E-state index >= 15 is 0 Å². The number of aromatic nitrogens is 4. The smallest absolute Gasteiger partial charge is 0.259 e. The molecule has 1 N–H and O–H groups in total. The number of aryl methyl sites for hydroxylation is 2. The van der Waals surface area contributed by atoms with Crippen LogP contribution < -0.4 is 4.72 Å². The van der Waals surface area contributed by atoms with Crippen molar-refractivity contribution < 1.29 is 8.42 Å². The molecule has 0 atom stereocenters. The minimum atomic E-state index is -3.59. The summed E-state index contributed by atoms with van der Waals surface area (Å²) in [5.74, 6) is 0.651. The van der Waals surface area contributed by atoms with Gasteiger partial charge in [-0.25, -0.2) is 18.1 Å². The zero-order chi connectivity index (χ0) is 16.4. The van der Waals surface area contributed by atoms with Gasteiger partial charge in [0.2, 0.25) is 0 Å². The van der Waals surface area contributed by atoms with Gasteiger partial charge < -0.3 is 4.57 Å². The Labute approximate surface area is 138 Å². The van der Waals surface area contributed by atoms with Crippen LogP contribution in [-0.4, -0.2) is 34.3 Å². The molecule has 3 aromatic heterocycles. The molecule has 0 aromatic carbocycles. The molecule has 0 saturated carbocycles. The van der Waals surface area contributed by atoms with Crippen molar-refractivity contribution >= 4 is 21.4 Å². The van der Waals surface area contributed by atoms with Crippen LogP contribution in [0.4, 0.5) is 0 Å². The molecule has 0 bridgehead atoms. The molecule has 3 heterocycles. The lowest BCUT2D eigenvalue weighted by Crippen LogP contribution is -2.27. The largest absolute Gasteiger partial charge is 0.337 e. The standard InChI is InChI=1S/C14H17N5O2S2/c1-11-16-14(9-18(11)2)23(20,21)15-5-7-19-6-3-13(17-19)12-4-8-22-10-12/h3-4,6,8-10,15H,5,7H2,1-2H3. The van der Waals surface area contributed by atoms with E-state index in [9.17, 15) is 8.42 Å². The van der Waals surface area contributed by atoms with Crippen molar-refractivity contribution in [2.24, 2.45) is 7.05 Å². The Bertz CT molecular complexity index is 874. The first-order valence-corrected chi connectivity index (χ1v) is 9.44. The fourth-order valence-corrected chi connectivity index (χ4v) is 3.78. The summed E-state index contributed by atoms with van der Waals surface area (Å²) >= 11 is 1.62. The second-order valence-corrected chi connectivity index (χ2v) is 7.60. The number of hydrogen-bond acceptors (Lipinski definition) is 5. The van der Waals surface area contributed by atoms with E-state index in [4.69, 9.17) is 0 Å². The van der Waals surface area contributed by atoms with Gasteiger partial charge in [0.05, 0.1) is 12.2 Å². The molecule has 23 heavy (non-hydrogen) atoms. The van der Waals surface area contributed by atoms with E-state index < -0.39 is 10.0 Å². The molecule has 9 heteroatoms. The quantitative estimate of drug-likeness (QED) is 0.732. The zero-order valence-corrected chi connectivity index (χ0v) is 14.4. The van der Waals surface area contributed by atoms with Gasteiger partial charge in [0.1, 0.15) is 5.82 Å². The van der Waals surface area contributed by atoms with Gasteiger partial charge in [0, 0.05) is 36.9 Å². The summed E-state index contributed by atoms with van der Waals surface area (Å²) in [6.07, 6.45) is 3.34. The van der Waals surface area contributed by atoms with Gasteiger partial charge in [-0.3, -0.25) is 4.68 Å². The lowest BCUT2D eigenvalue weighted by molar-refractivity contribution is 0.558. The van der Waals surface area contributed by atoms with E-state index in [2.05, 4.69) is 14.8 Å². The van der Waals surface area contributed by atoms with Crippen molar-refractivity contribution in [2.45, 2.75) is 18.5 Å². The van der Waals surface area contributed by atoms with Crippen LogP contribution in [0.15, 0.2) is 40.3 Å². The van der Waals surface area contributed by atoms with Crippen LogP contribution in [0.1, 0.15) is 5.82 Å². The van der Waals surface area contributed by atoms with Crippen LogP contribution in [-0.2, 0) is 23.6 Å². The second kappa shape index (κ2) is 6.26. The van der Waals surface area contributed by atoms with Crippen LogP contribution in [0.25, 0.3) is 11.3 Å². The van der Waals surface area contributed by atoms with Crippen LogP contribution in [0, 0.1) is 6.92 Å². The highest BCUT2D eigenvalue weighted by molar-refractivity contribution is 7.89. The number of nitrogens with zero attached hydrogens (tertiary/aromatic N) is 4. The van der Waals surface area contributed by atoms with Crippen molar-refractivity contribution in [2.75, 3.05) is 6.54 Å². The molecule has 0 spiro atoms. The topological polar surface area (TPSA) is 81.8 Å².